The molecule has 5 nitrogen and oxygen atoms in total. The summed E-state index contributed by atoms with van der Waals surface area (Å²) in [5.74, 6) is 0. The summed E-state index contributed by atoms with van der Waals surface area (Å²) in [6, 6.07) is 23.9. The fourth-order valence-electron chi connectivity index (χ4n) is 5.89. The van der Waals surface area contributed by atoms with Crippen LogP contribution in [0.4, 0.5) is 0 Å². The molecule has 0 radical (unpaired) electrons. The van der Waals surface area contributed by atoms with Crippen LogP contribution in [0.5, 0.6) is 0 Å². The van der Waals surface area contributed by atoms with Crippen LogP contribution in [0, 0.1) is 6.92 Å². The molecule has 0 saturated carbocycles. The van der Waals surface area contributed by atoms with Gasteiger partial charge in [-0.05, 0) is 66.1 Å². The van der Waals surface area contributed by atoms with E-state index in [0.29, 0.717) is 12.6 Å². The zero-order chi connectivity index (χ0) is 24.2. The number of thiophene rings is 1. The number of nitrogens with one attached hydrogen (secondary N) is 1. The highest BCUT2D eigenvalue weighted by Crippen LogP contribution is 2.44. The summed E-state index contributed by atoms with van der Waals surface area (Å²) < 4.78 is 1.70. The van der Waals surface area contributed by atoms with E-state index in [4.69, 9.17) is 0 Å². The van der Waals surface area contributed by atoms with Gasteiger partial charge in [-0.25, -0.2) is 4.98 Å². The van der Waals surface area contributed by atoms with E-state index in [9.17, 15) is 4.79 Å². The van der Waals surface area contributed by atoms with Gasteiger partial charge in [0.05, 0.1) is 30.0 Å². The number of hydrogen-bond donors (Lipinski definition) is 1. The summed E-state index contributed by atoms with van der Waals surface area (Å²) in [4.78, 5) is 24.9. The summed E-state index contributed by atoms with van der Waals surface area (Å²) in [5.41, 5.74) is 8.45. The maximum absolute atomic E-state index is 13.5. The van der Waals surface area contributed by atoms with Crippen LogP contribution in [0.3, 0.4) is 0 Å². The van der Waals surface area contributed by atoms with Crippen LogP contribution in [0.2, 0.25) is 0 Å². The van der Waals surface area contributed by atoms with E-state index < -0.39 is 0 Å². The van der Waals surface area contributed by atoms with Gasteiger partial charge in [-0.1, -0.05) is 54.6 Å². The summed E-state index contributed by atoms with van der Waals surface area (Å²) in [6.45, 7) is 2.41. The Balaban J connectivity index is 1.18. The van der Waals surface area contributed by atoms with Crippen molar-refractivity contribution in [3.63, 3.8) is 0 Å². The molecule has 0 saturated heterocycles. The van der Waals surface area contributed by atoms with Gasteiger partial charge in [0.15, 0.2) is 0 Å². The molecule has 7 rings (SSSR count). The van der Waals surface area contributed by atoms with E-state index in [0.717, 1.165) is 40.9 Å². The second kappa shape index (κ2) is 8.50. The third kappa shape index (κ3) is 3.52. The fraction of sp³-hybridized carbons (Fsp3) is 0.233. The number of fused-ring (bicyclic) bond motifs is 6. The maximum atomic E-state index is 13.5. The Labute approximate surface area is 213 Å². The first-order chi connectivity index (χ1) is 17.7. The van der Waals surface area contributed by atoms with Crippen LogP contribution in [0.25, 0.3) is 21.3 Å². The van der Waals surface area contributed by atoms with Crippen LogP contribution >= 0.6 is 11.3 Å². The summed E-state index contributed by atoms with van der Waals surface area (Å²) >= 11 is 1.68. The quantitative estimate of drug-likeness (QED) is 0.365. The molecule has 1 unspecified atom stereocenters. The predicted octanol–water partition coefficient (Wildman–Crippen LogP) is 5.43. The van der Waals surface area contributed by atoms with Crippen LogP contribution < -0.4 is 10.9 Å². The van der Waals surface area contributed by atoms with Gasteiger partial charge in [0.2, 0.25) is 0 Å². The first-order valence-corrected chi connectivity index (χ1v) is 13.3. The monoisotopic (exact) mass is 490 g/mol. The molecule has 36 heavy (non-hydrogen) atoms. The van der Waals surface area contributed by atoms with Crippen molar-refractivity contribution in [1.82, 2.24) is 19.9 Å². The van der Waals surface area contributed by atoms with Gasteiger partial charge in [-0.3, -0.25) is 14.3 Å². The van der Waals surface area contributed by atoms with Gasteiger partial charge in [0.25, 0.3) is 5.56 Å². The minimum Gasteiger partial charge on any atom is -0.303 e. The molecular weight excluding hydrogens is 464 g/mol. The first-order valence-electron chi connectivity index (χ1n) is 12.5. The molecule has 0 spiro atoms. The smallest absolute Gasteiger partial charge is 0.262 e. The SMILES string of the molecule is Cc1cccc(Cn2cnc3sc4c(c3c2=O)CCC(NC2c3ccccc3-c3ccccc32)C4)n1. The van der Waals surface area contributed by atoms with Crippen LogP contribution in [-0.2, 0) is 19.4 Å². The molecule has 178 valence electrons. The van der Waals surface area contributed by atoms with Crippen LogP contribution in [0.1, 0.15) is 45.4 Å². The molecule has 2 aromatic carbocycles. The molecule has 3 aromatic heterocycles. The van der Waals surface area contributed by atoms with Crippen molar-refractivity contribution in [2.75, 3.05) is 0 Å². The topological polar surface area (TPSA) is 59.8 Å². The lowest BCUT2D eigenvalue weighted by Gasteiger charge is -2.28. The van der Waals surface area contributed by atoms with E-state index >= 15 is 0 Å². The zero-order valence-corrected chi connectivity index (χ0v) is 20.9. The van der Waals surface area contributed by atoms with Gasteiger partial charge in [-0.2, -0.15) is 0 Å². The number of aromatic nitrogens is 3. The minimum absolute atomic E-state index is 0.0471. The third-order valence-corrected chi connectivity index (χ3v) is 8.71. The lowest BCUT2D eigenvalue weighted by Crippen LogP contribution is -2.36. The van der Waals surface area contributed by atoms with Gasteiger partial charge in [-0.15, -0.1) is 11.3 Å². The highest BCUT2D eigenvalue weighted by molar-refractivity contribution is 7.18. The van der Waals surface area contributed by atoms with E-state index in [2.05, 4.69) is 63.8 Å². The lowest BCUT2D eigenvalue weighted by molar-refractivity contribution is 0.434. The number of aryl methyl sites for hydroxylation is 2. The molecule has 1 atom stereocenters. The van der Waals surface area contributed by atoms with Crippen LogP contribution in [-0.4, -0.2) is 20.6 Å². The second-order valence-corrected chi connectivity index (χ2v) is 10.9. The zero-order valence-electron chi connectivity index (χ0n) is 20.1. The van der Waals surface area contributed by atoms with Crippen molar-refractivity contribution < 1.29 is 0 Å². The van der Waals surface area contributed by atoms with Crippen molar-refractivity contribution in [2.24, 2.45) is 0 Å². The summed E-state index contributed by atoms with van der Waals surface area (Å²) in [7, 11) is 0. The molecule has 0 aliphatic heterocycles. The number of benzene rings is 2. The number of pyridine rings is 1. The molecule has 5 aromatic rings. The molecule has 2 aliphatic carbocycles. The third-order valence-electron chi connectivity index (χ3n) is 7.55. The van der Waals surface area contributed by atoms with E-state index in [1.54, 1.807) is 22.2 Å². The van der Waals surface area contributed by atoms with E-state index in [1.807, 2.05) is 25.1 Å². The van der Waals surface area contributed by atoms with Crippen molar-refractivity contribution in [2.45, 2.75) is 44.8 Å². The van der Waals surface area contributed by atoms with Gasteiger partial charge in [0.1, 0.15) is 4.83 Å². The lowest BCUT2D eigenvalue weighted by atomic mass is 9.91. The molecular formula is C30H26N4OS. The Kier molecular flexibility index (Phi) is 5.11. The Morgan fingerprint density at radius 3 is 2.50 bits per heavy atom. The van der Waals surface area contributed by atoms with Crippen molar-refractivity contribution in [3.8, 4) is 11.1 Å². The predicted molar refractivity (Wildman–Crippen MR) is 145 cm³/mol. The Hall–Kier alpha value is -3.61. The Morgan fingerprint density at radius 1 is 1.00 bits per heavy atom. The summed E-state index contributed by atoms with van der Waals surface area (Å²) in [6.07, 6.45) is 4.51. The van der Waals surface area contributed by atoms with Crippen molar-refractivity contribution in [1.29, 1.82) is 0 Å². The van der Waals surface area contributed by atoms with E-state index in [-0.39, 0.29) is 11.6 Å². The number of hydrogen-bond acceptors (Lipinski definition) is 5. The van der Waals surface area contributed by atoms with Gasteiger partial charge >= 0.3 is 0 Å². The molecule has 2 aliphatic rings. The average Bonchev–Trinajstić information content (AvgIpc) is 3.42. The molecule has 0 amide bonds. The largest absolute Gasteiger partial charge is 0.303 e. The summed E-state index contributed by atoms with van der Waals surface area (Å²) in [5, 5.41) is 4.78. The standard InChI is InChI=1S/C30H26N4OS/c1-18-7-6-8-20(32-18)16-34-17-31-29-27(30(34)35)25-14-13-19(15-26(25)36-29)33-28-23-11-4-2-9-21(23)22-10-3-5-12-24(22)28/h2-12,17,19,28,33H,13-16H2,1H3. The molecule has 1 N–H and O–H groups in total. The molecule has 3 heterocycles. The van der Waals surface area contributed by atoms with Crippen molar-refractivity contribution in [3.05, 3.63) is 116 Å². The van der Waals surface area contributed by atoms with E-state index in [1.165, 1.54) is 32.7 Å². The maximum Gasteiger partial charge on any atom is 0.262 e. The van der Waals surface area contributed by atoms with Crippen LogP contribution in [0.15, 0.2) is 77.9 Å². The van der Waals surface area contributed by atoms with Gasteiger partial charge < -0.3 is 5.32 Å². The number of nitrogens with zero attached hydrogens (tertiary/aromatic N) is 3. The number of rotatable bonds is 4. The second-order valence-electron chi connectivity index (χ2n) is 9.85. The van der Waals surface area contributed by atoms with Crippen molar-refractivity contribution >= 4 is 21.6 Å². The Morgan fingerprint density at radius 2 is 1.75 bits per heavy atom. The molecule has 6 heteroatoms. The average molecular weight is 491 g/mol. The molecule has 0 fully saturated rings. The highest BCUT2D eigenvalue weighted by Gasteiger charge is 2.32. The Bertz CT molecular complexity index is 1640. The normalized spacial score (nSPS) is 16.6. The first kappa shape index (κ1) is 21.7. The highest BCUT2D eigenvalue weighted by atomic mass is 32.1. The molecule has 0 bridgehead atoms. The van der Waals surface area contributed by atoms with Gasteiger partial charge in [0, 0.05) is 16.6 Å². The fourth-order valence-corrected chi connectivity index (χ4v) is 7.15. The minimum atomic E-state index is 0.0471.